The molecule has 1 heterocycles. The number of methoxy groups -OCH3 is 1. The molecular formula is C26H24N2O5. The van der Waals surface area contributed by atoms with Crippen molar-refractivity contribution in [2.45, 2.75) is 20.4 Å². The lowest BCUT2D eigenvalue weighted by Crippen LogP contribution is -2.38. The van der Waals surface area contributed by atoms with Crippen LogP contribution in [0.15, 0.2) is 60.7 Å². The van der Waals surface area contributed by atoms with Gasteiger partial charge in [-0.2, -0.15) is 0 Å². The van der Waals surface area contributed by atoms with E-state index in [1.165, 1.54) is 7.11 Å². The van der Waals surface area contributed by atoms with E-state index in [2.05, 4.69) is 5.32 Å². The number of carbonyl (C=O) groups is 3. The largest absolute Gasteiger partial charge is 0.482 e. The summed E-state index contributed by atoms with van der Waals surface area (Å²) < 4.78 is 10.4. The highest BCUT2D eigenvalue weighted by molar-refractivity contribution is 6.05. The Hall–Kier alpha value is -4.13. The van der Waals surface area contributed by atoms with Crippen LogP contribution in [0.5, 0.6) is 5.75 Å². The van der Waals surface area contributed by atoms with Crippen LogP contribution in [-0.2, 0) is 16.1 Å². The minimum absolute atomic E-state index is 0.0853. The van der Waals surface area contributed by atoms with Crippen LogP contribution in [0.2, 0.25) is 0 Å². The second-order valence-electron chi connectivity index (χ2n) is 7.90. The van der Waals surface area contributed by atoms with E-state index in [0.717, 1.165) is 16.7 Å². The molecule has 3 aromatic rings. The molecule has 4 rings (SSSR count). The molecule has 3 aromatic carbocycles. The third-order valence-corrected chi connectivity index (χ3v) is 5.62. The van der Waals surface area contributed by atoms with Gasteiger partial charge in [0.15, 0.2) is 6.61 Å². The number of anilines is 2. The Morgan fingerprint density at radius 2 is 1.82 bits per heavy atom. The lowest BCUT2D eigenvalue weighted by Gasteiger charge is -2.30. The zero-order valence-electron chi connectivity index (χ0n) is 18.7. The highest BCUT2D eigenvalue weighted by Gasteiger charge is 2.26. The van der Waals surface area contributed by atoms with Gasteiger partial charge in [-0.3, -0.25) is 9.59 Å². The van der Waals surface area contributed by atoms with Gasteiger partial charge in [0.1, 0.15) is 5.75 Å². The second kappa shape index (κ2) is 9.16. The lowest BCUT2D eigenvalue weighted by atomic mass is 10.1. The number of hydrogen-bond donors (Lipinski definition) is 1. The number of benzene rings is 3. The topological polar surface area (TPSA) is 84.9 Å². The number of nitrogens with zero attached hydrogens (tertiary/aromatic N) is 1. The van der Waals surface area contributed by atoms with Crippen molar-refractivity contribution in [3.05, 3.63) is 88.5 Å². The van der Waals surface area contributed by atoms with Gasteiger partial charge < -0.3 is 19.7 Å². The average molecular weight is 444 g/mol. The van der Waals surface area contributed by atoms with Crippen molar-refractivity contribution in [3.8, 4) is 5.75 Å². The van der Waals surface area contributed by atoms with E-state index in [-0.39, 0.29) is 25.0 Å². The first-order valence-corrected chi connectivity index (χ1v) is 10.5. The van der Waals surface area contributed by atoms with Gasteiger partial charge in [-0.25, -0.2) is 4.79 Å². The Morgan fingerprint density at radius 3 is 2.58 bits per heavy atom. The molecule has 1 N–H and O–H groups in total. The summed E-state index contributed by atoms with van der Waals surface area (Å²) in [5.74, 6) is -0.355. The normalized spacial score (nSPS) is 12.6. The van der Waals surface area contributed by atoms with Gasteiger partial charge in [-0.1, -0.05) is 18.2 Å². The first-order valence-electron chi connectivity index (χ1n) is 10.5. The zero-order chi connectivity index (χ0) is 23.5. The monoisotopic (exact) mass is 444 g/mol. The Labute approximate surface area is 191 Å². The van der Waals surface area contributed by atoms with Crippen molar-refractivity contribution in [2.24, 2.45) is 0 Å². The molecule has 0 radical (unpaired) electrons. The molecule has 33 heavy (non-hydrogen) atoms. The van der Waals surface area contributed by atoms with Crippen LogP contribution in [0, 0.1) is 13.8 Å². The van der Waals surface area contributed by atoms with Crippen LogP contribution >= 0.6 is 0 Å². The number of carbonyl (C=O) groups excluding carboxylic acids is 3. The SMILES string of the molecule is COC(=O)c1cccc(CN2C(=O)COc3ccc(NC(=O)c4ccc(C)c(C)c4)cc32)c1. The number of ether oxygens (including phenoxy) is 2. The van der Waals surface area contributed by atoms with Crippen molar-refractivity contribution in [1.29, 1.82) is 0 Å². The molecule has 168 valence electrons. The van der Waals surface area contributed by atoms with Crippen LogP contribution in [0.25, 0.3) is 0 Å². The molecule has 1 aliphatic heterocycles. The summed E-state index contributed by atoms with van der Waals surface area (Å²) in [6.07, 6.45) is 0. The van der Waals surface area contributed by atoms with E-state index in [1.54, 1.807) is 47.4 Å². The van der Waals surface area contributed by atoms with Gasteiger partial charge >= 0.3 is 5.97 Å². The minimum atomic E-state index is -0.443. The number of esters is 1. The van der Waals surface area contributed by atoms with Gasteiger partial charge in [0.05, 0.1) is 24.9 Å². The standard InChI is InChI=1S/C26H24N2O5/c1-16-7-8-19(11-17(16)2)25(30)27-21-9-10-23-22(13-21)28(24(29)15-33-23)14-18-5-4-6-20(12-18)26(31)32-3/h4-13H,14-15H2,1-3H3,(H,27,30). The first-order chi connectivity index (χ1) is 15.9. The van der Waals surface area contributed by atoms with E-state index in [1.807, 2.05) is 32.0 Å². The number of aryl methyl sites for hydroxylation is 2. The Morgan fingerprint density at radius 1 is 1.00 bits per heavy atom. The molecule has 0 aliphatic carbocycles. The molecular weight excluding hydrogens is 420 g/mol. The predicted molar refractivity (Wildman–Crippen MR) is 125 cm³/mol. The lowest BCUT2D eigenvalue weighted by molar-refractivity contribution is -0.121. The third kappa shape index (κ3) is 4.72. The molecule has 0 atom stereocenters. The quantitative estimate of drug-likeness (QED) is 0.594. The summed E-state index contributed by atoms with van der Waals surface area (Å²) in [5, 5.41) is 2.89. The maximum atomic E-state index is 12.7. The van der Waals surface area contributed by atoms with Crippen molar-refractivity contribution >= 4 is 29.2 Å². The number of hydrogen-bond acceptors (Lipinski definition) is 5. The van der Waals surface area contributed by atoms with Crippen LogP contribution in [0.3, 0.4) is 0 Å². The van der Waals surface area contributed by atoms with Crippen molar-refractivity contribution in [2.75, 3.05) is 23.9 Å². The van der Waals surface area contributed by atoms with Crippen LogP contribution in [-0.4, -0.2) is 31.5 Å². The molecule has 7 heteroatoms. The van der Waals surface area contributed by atoms with Gasteiger partial charge in [0.25, 0.3) is 11.8 Å². The molecule has 0 aromatic heterocycles. The Bertz CT molecular complexity index is 1250. The summed E-state index contributed by atoms with van der Waals surface area (Å²) in [4.78, 5) is 38.9. The molecule has 0 saturated carbocycles. The fourth-order valence-electron chi connectivity index (χ4n) is 3.64. The molecule has 0 spiro atoms. The second-order valence-corrected chi connectivity index (χ2v) is 7.90. The van der Waals surface area contributed by atoms with Crippen LogP contribution < -0.4 is 15.0 Å². The smallest absolute Gasteiger partial charge is 0.337 e. The highest BCUT2D eigenvalue weighted by atomic mass is 16.5. The number of rotatable bonds is 5. The van der Waals surface area contributed by atoms with Crippen LogP contribution in [0.4, 0.5) is 11.4 Å². The molecule has 0 unspecified atom stereocenters. The fraction of sp³-hybridized carbons (Fsp3) is 0.192. The van der Waals surface area contributed by atoms with E-state index in [9.17, 15) is 14.4 Å². The zero-order valence-corrected chi connectivity index (χ0v) is 18.7. The number of amides is 2. The van der Waals surface area contributed by atoms with Gasteiger partial charge in [0.2, 0.25) is 0 Å². The number of nitrogens with one attached hydrogen (secondary N) is 1. The molecule has 0 fully saturated rings. The summed E-state index contributed by atoms with van der Waals surface area (Å²) in [6, 6.07) is 17.7. The van der Waals surface area contributed by atoms with Crippen LogP contribution in [0.1, 0.15) is 37.4 Å². The Balaban J connectivity index is 1.59. The van der Waals surface area contributed by atoms with Gasteiger partial charge in [-0.15, -0.1) is 0 Å². The summed E-state index contributed by atoms with van der Waals surface area (Å²) in [6.45, 7) is 4.11. The van der Waals surface area contributed by atoms with Crippen molar-refractivity contribution in [3.63, 3.8) is 0 Å². The molecule has 0 bridgehead atoms. The first kappa shape index (κ1) is 22.1. The third-order valence-electron chi connectivity index (χ3n) is 5.62. The van der Waals surface area contributed by atoms with Gasteiger partial charge in [0, 0.05) is 11.3 Å². The van der Waals surface area contributed by atoms with Gasteiger partial charge in [-0.05, 0) is 73.0 Å². The maximum absolute atomic E-state index is 12.7. The minimum Gasteiger partial charge on any atom is -0.482 e. The molecule has 2 amide bonds. The van der Waals surface area contributed by atoms with E-state index >= 15 is 0 Å². The summed E-state index contributed by atoms with van der Waals surface area (Å²) in [7, 11) is 1.32. The Kier molecular flexibility index (Phi) is 6.13. The summed E-state index contributed by atoms with van der Waals surface area (Å²) in [5.41, 5.74) is 4.97. The maximum Gasteiger partial charge on any atom is 0.337 e. The van der Waals surface area contributed by atoms with Crippen molar-refractivity contribution in [1.82, 2.24) is 0 Å². The molecule has 7 nitrogen and oxygen atoms in total. The van der Waals surface area contributed by atoms with E-state index in [4.69, 9.17) is 9.47 Å². The highest BCUT2D eigenvalue weighted by Crippen LogP contribution is 2.35. The summed E-state index contributed by atoms with van der Waals surface area (Å²) >= 11 is 0. The molecule has 1 aliphatic rings. The number of fused-ring (bicyclic) bond motifs is 1. The van der Waals surface area contributed by atoms with Crippen molar-refractivity contribution < 1.29 is 23.9 Å². The predicted octanol–water partition coefficient (Wildman–Crippen LogP) is 4.27. The average Bonchev–Trinajstić information content (AvgIpc) is 2.82. The van der Waals surface area contributed by atoms with E-state index in [0.29, 0.717) is 28.3 Å². The fourth-order valence-corrected chi connectivity index (χ4v) is 3.64. The molecule has 0 saturated heterocycles. The van der Waals surface area contributed by atoms with E-state index < -0.39 is 5.97 Å².